The Morgan fingerprint density at radius 3 is 2.05 bits per heavy atom. The minimum absolute atomic E-state index is 0.329. The maximum atomic E-state index is 6.10. The summed E-state index contributed by atoms with van der Waals surface area (Å²) in [5.41, 5.74) is 2.40. The summed E-state index contributed by atoms with van der Waals surface area (Å²) in [5, 5.41) is 3.45. The van der Waals surface area contributed by atoms with E-state index in [0.29, 0.717) is 22.5 Å². The van der Waals surface area contributed by atoms with Gasteiger partial charge in [0.05, 0.1) is 25.6 Å². The van der Waals surface area contributed by atoms with Crippen molar-refractivity contribution < 1.29 is 9.47 Å². The standard InChI is InChI=1S/C14H16ClN3O2/c1-8-9(2)17-14(13(15)16-8)18-10-5-11(19-3)7-12(6-10)20-4/h5-7H,1-4H3,(H,17,18). The monoisotopic (exact) mass is 293 g/mol. The number of halogens is 1. The Morgan fingerprint density at radius 1 is 0.950 bits per heavy atom. The van der Waals surface area contributed by atoms with Crippen molar-refractivity contribution in [2.45, 2.75) is 13.8 Å². The molecule has 6 heteroatoms. The zero-order valence-corrected chi connectivity index (χ0v) is 12.6. The number of hydrogen-bond acceptors (Lipinski definition) is 5. The number of aromatic nitrogens is 2. The first-order valence-electron chi connectivity index (χ1n) is 6.04. The van der Waals surface area contributed by atoms with Crippen LogP contribution in [0.2, 0.25) is 5.15 Å². The second-order valence-corrected chi connectivity index (χ2v) is 4.62. The van der Waals surface area contributed by atoms with Crippen molar-refractivity contribution in [3.05, 3.63) is 34.7 Å². The predicted molar refractivity (Wildman–Crippen MR) is 79.3 cm³/mol. The fourth-order valence-corrected chi connectivity index (χ4v) is 1.89. The van der Waals surface area contributed by atoms with E-state index in [4.69, 9.17) is 21.1 Å². The van der Waals surface area contributed by atoms with Crippen molar-refractivity contribution in [1.82, 2.24) is 9.97 Å². The Morgan fingerprint density at radius 2 is 1.50 bits per heavy atom. The summed E-state index contributed by atoms with van der Waals surface area (Å²) in [5.74, 6) is 1.87. The number of nitrogens with one attached hydrogen (secondary N) is 1. The summed E-state index contributed by atoms with van der Waals surface area (Å²) in [7, 11) is 3.20. The van der Waals surface area contributed by atoms with Crippen LogP contribution in [0.4, 0.5) is 11.5 Å². The van der Waals surface area contributed by atoms with Gasteiger partial charge in [-0.3, -0.25) is 0 Å². The molecule has 0 radical (unpaired) electrons. The van der Waals surface area contributed by atoms with Crippen LogP contribution < -0.4 is 14.8 Å². The summed E-state index contributed by atoms with van der Waals surface area (Å²) in [6, 6.07) is 5.45. The Kier molecular flexibility index (Phi) is 4.29. The zero-order valence-electron chi connectivity index (χ0n) is 11.8. The van der Waals surface area contributed by atoms with Crippen LogP contribution in [-0.4, -0.2) is 24.2 Å². The Bertz CT molecular complexity index is 610. The van der Waals surface area contributed by atoms with Crippen LogP contribution >= 0.6 is 11.6 Å². The molecule has 0 amide bonds. The van der Waals surface area contributed by atoms with Gasteiger partial charge < -0.3 is 14.8 Å². The topological polar surface area (TPSA) is 56.3 Å². The molecule has 0 saturated carbocycles. The molecule has 0 unspecified atom stereocenters. The molecule has 0 aliphatic heterocycles. The number of rotatable bonds is 4. The van der Waals surface area contributed by atoms with Crippen LogP contribution in [-0.2, 0) is 0 Å². The highest BCUT2D eigenvalue weighted by Gasteiger charge is 2.09. The molecule has 106 valence electrons. The summed E-state index contributed by atoms with van der Waals surface area (Å²) in [6.45, 7) is 3.75. The van der Waals surface area contributed by atoms with Gasteiger partial charge in [-0.2, -0.15) is 0 Å². The van der Waals surface area contributed by atoms with E-state index in [1.807, 2.05) is 26.0 Å². The predicted octanol–water partition coefficient (Wildman–Crippen LogP) is 3.51. The maximum Gasteiger partial charge on any atom is 0.172 e. The molecule has 1 aromatic heterocycles. The lowest BCUT2D eigenvalue weighted by molar-refractivity contribution is 0.395. The first-order valence-corrected chi connectivity index (χ1v) is 6.42. The van der Waals surface area contributed by atoms with Crippen molar-refractivity contribution >= 4 is 23.1 Å². The average molecular weight is 294 g/mol. The van der Waals surface area contributed by atoms with Gasteiger partial charge in [-0.05, 0) is 13.8 Å². The summed E-state index contributed by atoms with van der Waals surface area (Å²) in [6.07, 6.45) is 0. The number of anilines is 2. The van der Waals surface area contributed by atoms with Gasteiger partial charge >= 0.3 is 0 Å². The minimum atomic E-state index is 0.329. The largest absolute Gasteiger partial charge is 0.497 e. The van der Waals surface area contributed by atoms with Gasteiger partial charge in [0.2, 0.25) is 0 Å². The van der Waals surface area contributed by atoms with E-state index in [9.17, 15) is 0 Å². The molecule has 5 nitrogen and oxygen atoms in total. The van der Waals surface area contributed by atoms with E-state index in [0.717, 1.165) is 17.1 Å². The lowest BCUT2D eigenvalue weighted by Crippen LogP contribution is -2.01. The highest BCUT2D eigenvalue weighted by atomic mass is 35.5. The van der Waals surface area contributed by atoms with Gasteiger partial charge in [-0.1, -0.05) is 11.6 Å². The molecule has 1 heterocycles. The normalized spacial score (nSPS) is 10.2. The molecule has 1 aromatic carbocycles. The molecule has 0 aliphatic carbocycles. The van der Waals surface area contributed by atoms with E-state index in [2.05, 4.69) is 15.3 Å². The molecule has 0 spiro atoms. The number of hydrogen-bond donors (Lipinski definition) is 1. The van der Waals surface area contributed by atoms with Crippen molar-refractivity contribution in [1.29, 1.82) is 0 Å². The van der Waals surface area contributed by atoms with E-state index in [1.165, 1.54) is 0 Å². The molecule has 0 saturated heterocycles. The van der Waals surface area contributed by atoms with Crippen molar-refractivity contribution in [2.75, 3.05) is 19.5 Å². The van der Waals surface area contributed by atoms with Crippen LogP contribution in [0.1, 0.15) is 11.4 Å². The van der Waals surface area contributed by atoms with Gasteiger partial charge in [0, 0.05) is 23.9 Å². The van der Waals surface area contributed by atoms with Gasteiger partial charge in [0.1, 0.15) is 11.5 Å². The number of nitrogens with zero attached hydrogens (tertiary/aromatic N) is 2. The molecule has 1 N–H and O–H groups in total. The average Bonchev–Trinajstić information content (AvgIpc) is 2.44. The second-order valence-electron chi connectivity index (χ2n) is 4.26. The fraction of sp³-hybridized carbons (Fsp3) is 0.286. The molecule has 0 bridgehead atoms. The minimum Gasteiger partial charge on any atom is -0.497 e. The van der Waals surface area contributed by atoms with Crippen molar-refractivity contribution in [3.63, 3.8) is 0 Å². The van der Waals surface area contributed by atoms with Crippen LogP contribution in [0.3, 0.4) is 0 Å². The lowest BCUT2D eigenvalue weighted by atomic mass is 10.2. The highest BCUT2D eigenvalue weighted by molar-refractivity contribution is 6.31. The molecular weight excluding hydrogens is 278 g/mol. The molecular formula is C14H16ClN3O2. The van der Waals surface area contributed by atoms with E-state index < -0.39 is 0 Å². The lowest BCUT2D eigenvalue weighted by Gasteiger charge is -2.12. The quantitative estimate of drug-likeness (QED) is 0.935. The van der Waals surface area contributed by atoms with E-state index in [-0.39, 0.29) is 0 Å². The van der Waals surface area contributed by atoms with Crippen molar-refractivity contribution in [2.24, 2.45) is 0 Å². The van der Waals surface area contributed by atoms with Gasteiger partial charge in [0.15, 0.2) is 11.0 Å². The van der Waals surface area contributed by atoms with Crippen molar-refractivity contribution in [3.8, 4) is 11.5 Å². The molecule has 0 atom stereocenters. The summed E-state index contributed by atoms with van der Waals surface area (Å²) in [4.78, 5) is 8.62. The second kappa shape index (κ2) is 5.96. The first kappa shape index (κ1) is 14.4. The summed E-state index contributed by atoms with van der Waals surface area (Å²) >= 11 is 6.10. The molecule has 2 aromatic rings. The van der Waals surface area contributed by atoms with E-state index in [1.54, 1.807) is 20.3 Å². The maximum absolute atomic E-state index is 6.10. The smallest absolute Gasteiger partial charge is 0.172 e. The fourth-order valence-electron chi connectivity index (χ4n) is 1.67. The number of benzene rings is 1. The van der Waals surface area contributed by atoms with Gasteiger partial charge in [-0.25, -0.2) is 9.97 Å². The van der Waals surface area contributed by atoms with Crippen LogP contribution in [0, 0.1) is 13.8 Å². The van der Waals surface area contributed by atoms with Crippen LogP contribution in [0.25, 0.3) is 0 Å². The molecule has 20 heavy (non-hydrogen) atoms. The Hall–Kier alpha value is -2.01. The third-order valence-corrected chi connectivity index (χ3v) is 3.14. The number of aryl methyl sites for hydroxylation is 2. The summed E-state index contributed by atoms with van der Waals surface area (Å²) < 4.78 is 10.4. The van der Waals surface area contributed by atoms with Crippen LogP contribution in [0.15, 0.2) is 18.2 Å². The SMILES string of the molecule is COc1cc(Nc2nc(C)c(C)nc2Cl)cc(OC)c1. The highest BCUT2D eigenvalue weighted by Crippen LogP contribution is 2.29. The molecule has 2 rings (SSSR count). The van der Waals surface area contributed by atoms with Gasteiger partial charge in [0.25, 0.3) is 0 Å². The Balaban J connectivity index is 2.36. The van der Waals surface area contributed by atoms with Crippen LogP contribution in [0.5, 0.6) is 11.5 Å². The first-order chi connectivity index (χ1) is 9.53. The number of methoxy groups -OCH3 is 2. The molecule has 0 fully saturated rings. The molecule has 0 aliphatic rings. The number of ether oxygens (including phenoxy) is 2. The Labute approximate surface area is 122 Å². The van der Waals surface area contributed by atoms with E-state index >= 15 is 0 Å². The third-order valence-electron chi connectivity index (χ3n) is 2.88. The third kappa shape index (κ3) is 3.11. The zero-order chi connectivity index (χ0) is 14.7. The van der Waals surface area contributed by atoms with Gasteiger partial charge in [-0.15, -0.1) is 0 Å².